The Hall–Kier alpha value is -3.53. The molecule has 3 aromatic carbocycles. The number of nitrogens with zero attached hydrogens (tertiary/aromatic N) is 2. The maximum atomic E-state index is 11.1. The third kappa shape index (κ3) is 3.07. The Bertz CT molecular complexity index is 1210. The quantitative estimate of drug-likeness (QED) is 0.234. The first-order valence-corrected chi connectivity index (χ1v) is 9.62. The maximum Gasteiger partial charge on any atom is 0.270 e. The number of allylic oxidation sites excluding steroid dienone is 2. The molecular weight excluding hydrogens is 360 g/mol. The molecule has 1 unspecified atom stereocenters. The predicted molar refractivity (Wildman–Crippen MR) is 119 cm³/mol. The van der Waals surface area contributed by atoms with Gasteiger partial charge in [-0.3, -0.25) is 10.1 Å². The molecule has 144 valence electrons. The molecule has 1 aliphatic rings. The summed E-state index contributed by atoms with van der Waals surface area (Å²) in [5.74, 6) is 0. The van der Waals surface area contributed by atoms with Crippen molar-refractivity contribution < 1.29 is 9.50 Å². The van der Waals surface area contributed by atoms with Crippen molar-refractivity contribution in [1.29, 1.82) is 0 Å². The molecule has 1 aliphatic heterocycles. The molecule has 1 atom stereocenters. The largest absolute Gasteiger partial charge is 0.270 e. The van der Waals surface area contributed by atoms with Gasteiger partial charge in [-0.25, -0.2) is 0 Å². The zero-order valence-electron chi connectivity index (χ0n) is 16.6. The molecule has 4 nitrogen and oxygen atoms in total. The van der Waals surface area contributed by atoms with Crippen molar-refractivity contribution in [2.24, 2.45) is 0 Å². The Morgan fingerprint density at radius 2 is 1.90 bits per heavy atom. The minimum atomic E-state index is -0.365. The van der Waals surface area contributed by atoms with Crippen LogP contribution in [0.2, 0.25) is 0 Å². The maximum absolute atomic E-state index is 11.1. The van der Waals surface area contributed by atoms with Crippen molar-refractivity contribution >= 4 is 33.9 Å². The summed E-state index contributed by atoms with van der Waals surface area (Å²) in [5, 5.41) is 13.6. The van der Waals surface area contributed by atoms with Crippen LogP contribution in [0.4, 0.5) is 11.4 Å². The van der Waals surface area contributed by atoms with Gasteiger partial charge in [0.25, 0.3) is 5.69 Å². The highest BCUT2D eigenvalue weighted by atomic mass is 16.6. The lowest BCUT2D eigenvalue weighted by Crippen LogP contribution is -2.30. The fraction of sp³-hybridized carbons (Fsp3) is 0.160. The van der Waals surface area contributed by atoms with E-state index in [4.69, 9.17) is 0 Å². The molecule has 0 saturated heterocycles. The van der Waals surface area contributed by atoms with Gasteiger partial charge < -0.3 is 0 Å². The van der Waals surface area contributed by atoms with Crippen LogP contribution in [0.25, 0.3) is 16.8 Å². The molecule has 0 aliphatic carbocycles. The molecule has 0 saturated carbocycles. The molecule has 0 fully saturated rings. The fourth-order valence-electron chi connectivity index (χ4n) is 4.46. The van der Waals surface area contributed by atoms with Crippen LogP contribution in [0.5, 0.6) is 0 Å². The standard InChI is InChI=1S/C25H23N2O2/c1-4-16-25(2)23(15-12-18-8-7-10-20(17-18)27(28)29)26(3)22-14-13-19-9-5-6-11-21(19)24(22)25/h4-15,17H,1,16H2,2-3H3/q+1/b15-12+. The zero-order chi connectivity index (χ0) is 20.6. The Balaban J connectivity index is 1.85. The molecule has 0 bridgehead atoms. The van der Waals surface area contributed by atoms with Gasteiger partial charge in [0.1, 0.15) is 7.05 Å². The second kappa shape index (κ2) is 7.13. The summed E-state index contributed by atoms with van der Waals surface area (Å²) in [6.07, 6.45) is 6.80. The predicted octanol–water partition coefficient (Wildman–Crippen LogP) is 6.02. The van der Waals surface area contributed by atoms with E-state index in [0.29, 0.717) is 0 Å². The average Bonchev–Trinajstić information content (AvgIpc) is 2.94. The van der Waals surface area contributed by atoms with E-state index in [-0.39, 0.29) is 16.0 Å². The summed E-state index contributed by atoms with van der Waals surface area (Å²) in [5.41, 5.74) is 4.31. The van der Waals surface area contributed by atoms with Gasteiger partial charge in [0.2, 0.25) is 5.69 Å². The van der Waals surface area contributed by atoms with E-state index in [9.17, 15) is 10.1 Å². The summed E-state index contributed by atoms with van der Waals surface area (Å²) < 4.78 is 2.22. The Labute approximate surface area is 170 Å². The minimum absolute atomic E-state index is 0.0973. The van der Waals surface area contributed by atoms with Crippen LogP contribution >= 0.6 is 0 Å². The first-order valence-electron chi connectivity index (χ1n) is 9.62. The lowest BCUT2D eigenvalue weighted by atomic mass is 9.74. The Morgan fingerprint density at radius 3 is 2.66 bits per heavy atom. The highest BCUT2D eigenvalue weighted by Crippen LogP contribution is 2.46. The Kier molecular flexibility index (Phi) is 4.63. The van der Waals surface area contributed by atoms with Crippen LogP contribution in [-0.2, 0) is 5.41 Å². The number of hydrogen-bond acceptors (Lipinski definition) is 2. The van der Waals surface area contributed by atoms with Gasteiger partial charge in [0, 0.05) is 29.8 Å². The lowest BCUT2D eigenvalue weighted by molar-refractivity contribution is -0.401. The molecule has 1 heterocycles. The fourth-order valence-corrected chi connectivity index (χ4v) is 4.46. The monoisotopic (exact) mass is 383 g/mol. The number of fused-ring (bicyclic) bond motifs is 3. The van der Waals surface area contributed by atoms with Gasteiger partial charge in [-0.2, -0.15) is 4.58 Å². The lowest BCUT2D eigenvalue weighted by Gasteiger charge is -2.22. The van der Waals surface area contributed by atoms with Gasteiger partial charge in [-0.1, -0.05) is 42.5 Å². The van der Waals surface area contributed by atoms with Crippen LogP contribution in [0, 0.1) is 10.1 Å². The van der Waals surface area contributed by atoms with Gasteiger partial charge in [0.05, 0.1) is 10.3 Å². The van der Waals surface area contributed by atoms with E-state index in [1.165, 1.54) is 28.1 Å². The second-order valence-corrected chi connectivity index (χ2v) is 7.64. The van der Waals surface area contributed by atoms with Crippen molar-refractivity contribution in [3.8, 4) is 0 Å². The third-order valence-electron chi connectivity index (χ3n) is 5.81. The minimum Gasteiger partial charge on any atom is -0.258 e. The first kappa shape index (κ1) is 18.8. The molecule has 0 N–H and O–H groups in total. The van der Waals surface area contributed by atoms with Crippen molar-refractivity contribution in [3.05, 3.63) is 101 Å². The second-order valence-electron chi connectivity index (χ2n) is 7.64. The number of rotatable bonds is 5. The van der Waals surface area contributed by atoms with Crippen LogP contribution in [0.15, 0.2) is 79.4 Å². The van der Waals surface area contributed by atoms with E-state index in [1.807, 2.05) is 18.2 Å². The molecule has 29 heavy (non-hydrogen) atoms. The molecule has 4 rings (SSSR count). The number of nitro groups is 1. The van der Waals surface area contributed by atoms with Crippen LogP contribution in [0.1, 0.15) is 24.5 Å². The number of non-ortho nitro benzene ring substituents is 1. The van der Waals surface area contributed by atoms with E-state index >= 15 is 0 Å². The van der Waals surface area contributed by atoms with Gasteiger partial charge in [-0.05, 0) is 41.8 Å². The van der Waals surface area contributed by atoms with E-state index in [2.05, 4.69) is 67.6 Å². The average molecular weight is 383 g/mol. The number of nitro benzene ring substituents is 1. The van der Waals surface area contributed by atoms with Crippen molar-refractivity contribution in [2.75, 3.05) is 7.05 Å². The molecule has 4 heteroatoms. The molecule has 0 radical (unpaired) electrons. The van der Waals surface area contributed by atoms with E-state index in [1.54, 1.807) is 12.1 Å². The molecule has 0 aromatic heterocycles. The smallest absolute Gasteiger partial charge is 0.258 e. The van der Waals surface area contributed by atoms with Gasteiger partial charge in [-0.15, -0.1) is 6.58 Å². The summed E-state index contributed by atoms with van der Waals surface area (Å²) in [4.78, 5) is 10.7. The molecular formula is C25H23N2O2+. The molecule has 0 amide bonds. The Morgan fingerprint density at radius 1 is 1.10 bits per heavy atom. The summed E-state index contributed by atoms with van der Waals surface area (Å²) >= 11 is 0. The SMILES string of the molecule is C=CCC1(C)C(/C=C/c2cccc([N+](=O)[O-])c2)=[N+](C)c2ccc3ccccc3c21. The van der Waals surface area contributed by atoms with Crippen molar-refractivity contribution in [1.82, 2.24) is 0 Å². The van der Waals surface area contributed by atoms with E-state index in [0.717, 1.165) is 17.7 Å². The number of benzene rings is 3. The molecule has 3 aromatic rings. The van der Waals surface area contributed by atoms with E-state index < -0.39 is 0 Å². The van der Waals surface area contributed by atoms with Crippen LogP contribution in [0.3, 0.4) is 0 Å². The summed E-state index contributed by atoms with van der Waals surface area (Å²) in [6, 6.07) is 19.5. The highest BCUT2D eigenvalue weighted by Gasteiger charge is 2.46. The van der Waals surface area contributed by atoms with Crippen molar-refractivity contribution in [3.63, 3.8) is 0 Å². The normalized spacial score (nSPS) is 18.4. The summed E-state index contributed by atoms with van der Waals surface area (Å²) in [6.45, 7) is 6.25. The first-order chi connectivity index (χ1) is 14.0. The van der Waals surface area contributed by atoms with Crippen molar-refractivity contribution in [2.45, 2.75) is 18.8 Å². The van der Waals surface area contributed by atoms with Gasteiger partial charge >= 0.3 is 0 Å². The molecule has 0 spiro atoms. The van der Waals surface area contributed by atoms with Gasteiger partial charge in [0.15, 0.2) is 5.71 Å². The topological polar surface area (TPSA) is 46.1 Å². The zero-order valence-corrected chi connectivity index (χ0v) is 16.6. The van der Waals surface area contributed by atoms with Crippen LogP contribution in [-0.4, -0.2) is 22.3 Å². The van der Waals surface area contributed by atoms with Crippen LogP contribution < -0.4 is 0 Å². The highest BCUT2D eigenvalue weighted by molar-refractivity contribution is 6.09. The third-order valence-corrected chi connectivity index (χ3v) is 5.81. The summed E-state index contributed by atoms with van der Waals surface area (Å²) in [7, 11) is 2.08. The number of hydrogen-bond donors (Lipinski definition) is 0.